The summed E-state index contributed by atoms with van der Waals surface area (Å²) in [4.78, 5) is 25.9. The fourth-order valence-corrected chi connectivity index (χ4v) is 3.51. The average molecular weight is 332 g/mol. The predicted octanol–water partition coefficient (Wildman–Crippen LogP) is 3.58. The summed E-state index contributed by atoms with van der Waals surface area (Å²) in [6.45, 7) is 5.61. The molecule has 7 heteroatoms. The standard InChI is InChI=1S/C14H18ClNO4S/c1-14(2,3)20-13(19)16-7-8(6-9(16)12(17)18)10-4-5-11(15)21-10/h4-5,8-9H,6-7H2,1-3H3,(H,17,18). The van der Waals surface area contributed by atoms with Gasteiger partial charge in [0.05, 0.1) is 4.34 Å². The first-order chi connectivity index (χ1) is 9.67. The van der Waals surface area contributed by atoms with Crippen LogP contribution in [-0.4, -0.2) is 40.3 Å². The highest BCUT2D eigenvalue weighted by molar-refractivity contribution is 7.16. The van der Waals surface area contributed by atoms with E-state index in [0.29, 0.717) is 17.3 Å². The molecule has 0 radical (unpaired) electrons. The molecule has 2 atom stereocenters. The first-order valence-electron chi connectivity index (χ1n) is 6.65. The van der Waals surface area contributed by atoms with Crippen molar-refractivity contribution in [3.8, 4) is 0 Å². The Morgan fingerprint density at radius 2 is 2.10 bits per heavy atom. The molecule has 1 aliphatic rings. The molecule has 1 amide bonds. The number of thiophene rings is 1. The highest BCUT2D eigenvalue weighted by Crippen LogP contribution is 2.37. The van der Waals surface area contributed by atoms with Gasteiger partial charge < -0.3 is 9.84 Å². The van der Waals surface area contributed by atoms with Crippen LogP contribution >= 0.6 is 22.9 Å². The van der Waals surface area contributed by atoms with Crippen LogP contribution in [0.25, 0.3) is 0 Å². The number of halogens is 1. The van der Waals surface area contributed by atoms with Crippen LogP contribution in [0, 0.1) is 0 Å². The second-order valence-corrected chi connectivity index (χ2v) is 7.81. The van der Waals surface area contributed by atoms with Crippen molar-refractivity contribution >= 4 is 35.0 Å². The van der Waals surface area contributed by atoms with E-state index in [1.54, 1.807) is 26.8 Å². The fourth-order valence-electron chi connectivity index (χ4n) is 2.35. The highest BCUT2D eigenvalue weighted by Gasteiger charge is 2.42. The molecule has 2 rings (SSSR count). The first kappa shape index (κ1) is 16.1. The van der Waals surface area contributed by atoms with Gasteiger partial charge in [-0.2, -0.15) is 0 Å². The van der Waals surface area contributed by atoms with E-state index in [9.17, 15) is 14.7 Å². The van der Waals surface area contributed by atoms with Gasteiger partial charge in [0, 0.05) is 17.3 Å². The van der Waals surface area contributed by atoms with Crippen molar-refractivity contribution in [2.24, 2.45) is 0 Å². The molecular weight excluding hydrogens is 314 g/mol. The van der Waals surface area contributed by atoms with Crippen molar-refractivity contribution < 1.29 is 19.4 Å². The maximum atomic E-state index is 12.2. The molecule has 1 saturated heterocycles. The average Bonchev–Trinajstić information content (AvgIpc) is 2.92. The number of hydrogen-bond donors (Lipinski definition) is 1. The Morgan fingerprint density at radius 3 is 2.57 bits per heavy atom. The first-order valence-corrected chi connectivity index (χ1v) is 7.84. The van der Waals surface area contributed by atoms with E-state index in [4.69, 9.17) is 16.3 Å². The Bertz CT molecular complexity index is 551. The summed E-state index contributed by atoms with van der Waals surface area (Å²) in [5, 5.41) is 9.33. The summed E-state index contributed by atoms with van der Waals surface area (Å²) >= 11 is 7.34. The van der Waals surface area contributed by atoms with Gasteiger partial charge in [0.25, 0.3) is 0 Å². The number of carboxylic acids is 1. The number of carbonyl (C=O) groups is 2. The number of ether oxygens (including phenoxy) is 1. The molecule has 0 bridgehead atoms. The number of carboxylic acid groups (broad SMARTS) is 1. The maximum absolute atomic E-state index is 12.2. The van der Waals surface area contributed by atoms with Crippen molar-refractivity contribution in [1.29, 1.82) is 0 Å². The smallest absolute Gasteiger partial charge is 0.411 e. The normalized spacial score (nSPS) is 22.4. The maximum Gasteiger partial charge on any atom is 0.411 e. The second kappa shape index (κ2) is 5.85. The van der Waals surface area contributed by atoms with E-state index in [0.717, 1.165) is 4.88 Å². The Hall–Kier alpha value is -1.27. The number of rotatable bonds is 2. The monoisotopic (exact) mass is 331 g/mol. The number of likely N-dealkylation sites (tertiary alicyclic amines) is 1. The predicted molar refractivity (Wildman–Crippen MR) is 81.1 cm³/mol. The zero-order valence-corrected chi connectivity index (χ0v) is 13.7. The molecule has 0 aliphatic carbocycles. The lowest BCUT2D eigenvalue weighted by atomic mass is 10.0. The molecule has 1 fully saturated rings. The number of hydrogen-bond acceptors (Lipinski definition) is 4. The number of nitrogens with zero attached hydrogens (tertiary/aromatic N) is 1. The summed E-state index contributed by atoms with van der Waals surface area (Å²) in [5.41, 5.74) is -0.648. The molecule has 21 heavy (non-hydrogen) atoms. The van der Waals surface area contributed by atoms with Crippen molar-refractivity contribution in [1.82, 2.24) is 4.90 Å². The molecule has 1 aromatic rings. The summed E-state index contributed by atoms with van der Waals surface area (Å²) in [7, 11) is 0. The van der Waals surface area contributed by atoms with E-state index in [-0.39, 0.29) is 5.92 Å². The molecule has 0 aromatic carbocycles. The Kier molecular flexibility index (Phi) is 4.49. The molecule has 1 aliphatic heterocycles. The molecule has 0 spiro atoms. The van der Waals surface area contributed by atoms with Crippen LogP contribution < -0.4 is 0 Å². The minimum Gasteiger partial charge on any atom is -0.480 e. The second-order valence-electron chi connectivity index (χ2n) is 6.06. The van der Waals surface area contributed by atoms with E-state index >= 15 is 0 Å². The Balaban J connectivity index is 2.16. The number of amides is 1. The van der Waals surface area contributed by atoms with Crippen LogP contribution in [0.15, 0.2) is 12.1 Å². The van der Waals surface area contributed by atoms with E-state index in [1.165, 1.54) is 16.2 Å². The van der Waals surface area contributed by atoms with E-state index < -0.39 is 23.7 Å². The fraction of sp³-hybridized carbons (Fsp3) is 0.571. The zero-order chi connectivity index (χ0) is 15.8. The van der Waals surface area contributed by atoms with Gasteiger partial charge in [-0.25, -0.2) is 9.59 Å². The zero-order valence-electron chi connectivity index (χ0n) is 12.1. The molecule has 1 N–H and O–H groups in total. The van der Waals surface area contributed by atoms with Gasteiger partial charge in [-0.1, -0.05) is 11.6 Å². The largest absolute Gasteiger partial charge is 0.480 e. The van der Waals surface area contributed by atoms with Crippen LogP contribution in [0.4, 0.5) is 4.79 Å². The molecule has 2 heterocycles. The molecule has 1 aromatic heterocycles. The van der Waals surface area contributed by atoms with Gasteiger partial charge in [-0.15, -0.1) is 11.3 Å². The summed E-state index contributed by atoms with van der Waals surface area (Å²) < 4.78 is 5.95. The third kappa shape index (κ3) is 3.89. The lowest BCUT2D eigenvalue weighted by molar-refractivity contribution is -0.142. The van der Waals surface area contributed by atoms with Gasteiger partial charge in [-0.3, -0.25) is 4.90 Å². The third-order valence-corrected chi connectivity index (χ3v) is 4.60. The molecule has 0 saturated carbocycles. The Labute approximate surface area is 132 Å². The lowest BCUT2D eigenvalue weighted by Crippen LogP contribution is -2.43. The van der Waals surface area contributed by atoms with Crippen molar-refractivity contribution in [2.75, 3.05) is 6.54 Å². The van der Waals surface area contributed by atoms with Crippen LogP contribution in [0.2, 0.25) is 4.34 Å². The van der Waals surface area contributed by atoms with Crippen LogP contribution in [0.1, 0.15) is 38.0 Å². The minimum absolute atomic E-state index is 0.0175. The molecule has 5 nitrogen and oxygen atoms in total. The topological polar surface area (TPSA) is 66.8 Å². The third-order valence-electron chi connectivity index (χ3n) is 3.21. The lowest BCUT2D eigenvalue weighted by Gasteiger charge is -2.26. The summed E-state index contributed by atoms with van der Waals surface area (Å²) in [6, 6.07) is 2.81. The van der Waals surface area contributed by atoms with Gasteiger partial charge >= 0.3 is 12.1 Å². The molecule has 2 unspecified atom stereocenters. The number of aliphatic carboxylic acids is 1. The molecule has 116 valence electrons. The Morgan fingerprint density at radius 1 is 1.43 bits per heavy atom. The van der Waals surface area contributed by atoms with Crippen LogP contribution in [0.3, 0.4) is 0 Å². The van der Waals surface area contributed by atoms with Crippen LogP contribution in [-0.2, 0) is 9.53 Å². The van der Waals surface area contributed by atoms with Crippen molar-refractivity contribution in [2.45, 2.75) is 44.8 Å². The van der Waals surface area contributed by atoms with Crippen molar-refractivity contribution in [3.05, 3.63) is 21.3 Å². The van der Waals surface area contributed by atoms with Crippen molar-refractivity contribution in [3.63, 3.8) is 0 Å². The quantitative estimate of drug-likeness (QED) is 0.899. The van der Waals surface area contributed by atoms with E-state index in [1.807, 2.05) is 6.07 Å². The molecular formula is C14H18ClNO4S. The number of carbonyl (C=O) groups excluding carboxylic acids is 1. The van der Waals surface area contributed by atoms with Gasteiger partial charge in [0.2, 0.25) is 0 Å². The minimum atomic E-state index is -1.01. The van der Waals surface area contributed by atoms with Crippen LogP contribution in [0.5, 0.6) is 0 Å². The highest BCUT2D eigenvalue weighted by atomic mass is 35.5. The summed E-state index contributed by atoms with van der Waals surface area (Å²) in [6.07, 6.45) is -0.203. The van der Waals surface area contributed by atoms with E-state index in [2.05, 4.69) is 0 Å². The van der Waals surface area contributed by atoms with Gasteiger partial charge in [-0.05, 0) is 39.3 Å². The SMILES string of the molecule is CC(C)(C)OC(=O)N1CC(c2ccc(Cl)s2)CC1C(=O)O. The van der Waals surface area contributed by atoms with Gasteiger partial charge in [0.15, 0.2) is 0 Å². The van der Waals surface area contributed by atoms with Gasteiger partial charge in [0.1, 0.15) is 11.6 Å². The summed E-state index contributed by atoms with van der Waals surface area (Å²) in [5.74, 6) is -1.03.